The lowest BCUT2D eigenvalue weighted by Crippen LogP contribution is -2.13. The minimum atomic E-state index is -0.888. The number of anilines is 1. The molecule has 0 fully saturated rings. The summed E-state index contributed by atoms with van der Waals surface area (Å²) in [5, 5.41) is 8.99. The first-order chi connectivity index (χ1) is 10.0. The van der Waals surface area contributed by atoms with E-state index in [1.165, 1.54) is 7.11 Å². The predicted molar refractivity (Wildman–Crippen MR) is 73.4 cm³/mol. The number of carbonyl (C=O) groups excluding carboxylic acids is 1. The number of benzene rings is 1. The van der Waals surface area contributed by atoms with Crippen molar-refractivity contribution in [3.63, 3.8) is 0 Å². The molecule has 112 valence electrons. The number of H-pyrrole nitrogens is 1. The maximum Gasteiger partial charge on any atom is 0.276 e. The second-order valence-electron chi connectivity index (χ2n) is 4.46. The lowest BCUT2D eigenvalue weighted by Gasteiger charge is -2.07. The van der Waals surface area contributed by atoms with Gasteiger partial charge in [-0.3, -0.25) is 9.89 Å². The van der Waals surface area contributed by atoms with Gasteiger partial charge in [0.05, 0.1) is 7.11 Å². The van der Waals surface area contributed by atoms with Crippen LogP contribution in [0.25, 0.3) is 0 Å². The van der Waals surface area contributed by atoms with Gasteiger partial charge in [-0.25, -0.2) is 8.78 Å². The summed E-state index contributed by atoms with van der Waals surface area (Å²) in [6.45, 7) is 2.00. The fourth-order valence-corrected chi connectivity index (χ4v) is 1.90. The molecule has 1 aromatic carbocycles. The Balaban J connectivity index is 2.15. The molecule has 0 aliphatic heterocycles. The van der Waals surface area contributed by atoms with Crippen molar-refractivity contribution in [3.05, 3.63) is 41.2 Å². The predicted octanol–water partition coefficient (Wildman–Crippen LogP) is 2.90. The molecule has 2 rings (SSSR count). The molecule has 21 heavy (non-hydrogen) atoms. The highest BCUT2D eigenvalue weighted by Crippen LogP contribution is 2.25. The maximum atomic E-state index is 13.5. The number of ether oxygens (including phenoxy) is 1. The molecule has 0 bridgehead atoms. The lowest BCUT2D eigenvalue weighted by atomic mass is 10.2. The Kier molecular flexibility index (Phi) is 4.52. The molecule has 0 radical (unpaired) electrons. The van der Waals surface area contributed by atoms with Crippen LogP contribution in [-0.4, -0.2) is 23.2 Å². The van der Waals surface area contributed by atoms with Crippen LogP contribution < -0.4 is 10.1 Å². The first-order valence-electron chi connectivity index (χ1n) is 6.43. The quantitative estimate of drug-likeness (QED) is 0.891. The second kappa shape index (κ2) is 6.34. The van der Waals surface area contributed by atoms with Gasteiger partial charge in [-0.1, -0.05) is 13.3 Å². The number of hydrogen-bond donors (Lipinski definition) is 2. The van der Waals surface area contributed by atoms with Crippen LogP contribution in [0.4, 0.5) is 14.5 Å². The van der Waals surface area contributed by atoms with Crippen LogP contribution in [0.1, 0.15) is 29.5 Å². The number of methoxy groups -OCH3 is 1. The first-order valence-corrected chi connectivity index (χ1v) is 6.43. The average Bonchev–Trinajstić information content (AvgIpc) is 2.87. The Morgan fingerprint density at radius 3 is 2.57 bits per heavy atom. The van der Waals surface area contributed by atoms with Crippen LogP contribution in [0, 0.1) is 11.6 Å². The third kappa shape index (κ3) is 3.36. The molecule has 1 amide bonds. The van der Waals surface area contributed by atoms with E-state index in [0.717, 1.165) is 30.7 Å². The molecule has 0 saturated carbocycles. The molecule has 5 nitrogen and oxygen atoms in total. The van der Waals surface area contributed by atoms with Crippen molar-refractivity contribution in [3.8, 4) is 5.75 Å². The van der Waals surface area contributed by atoms with Crippen LogP contribution in [0.2, 0.25) is 0 Å². The Morgan fingerprint density at radius 2 is 2.00 bits per heavy atom. The average molecular weight is 295 g/mol. The van der Waals surface area contributed by atoms with E-state index in [4.69, 9.17) is 0 Å². The largest absolute Gasteiger partial charge is 0.491 e. The lowest BCUT2D eigenvalue weighted by molar-refractivity contribution is 0.102. The zero-order valence-corrected chi connectivity index (χ0v) is 11.7. The topological polar surface area (TPSA) is 67.0 Å². The molecular weight excluding hydrogens is 280 g/mol. The van der Waals surface area contributed by atoms with Crippen LogP contribution in [0.15, 0.2) is 18.2 Å². The van der Waals surface area contributed by atoms with E-state index in [2.05, 4.69) is 20.3 Å². The molecule has 0 aliphatic rings. The fourth-order valence-electron chi connectivity index (χ4n) is 1.90. The molecule has 0 saturated heterocycles. The first kappa shape index (κ1) is 15.0. The monoisotopic (exact) mass is 295 g/mol. The van der Waals surface area contributed by atoms with Gasteiger partial charge in [-0.05, 0) is 12.5 Å². The summed E-state index contributed by atoms with van der Waals surface area (Å²) in [6, 6.07) is 3.58. The van der Waals surface area contributed by atoms with E-state index in [1.807, 2.05) is 6.92 Å². The van der Waals surface area contributed by atoms with Gasteiger partial charge < -0.3 is 10.1 Å². The Labute approximate surface area is 120 Å². The van der Waals surface area contributed by atoms with E-state index in [1.54, 1.807) is 6.07 Å². The highest BCUT2D eigenvalue weighted by molar-refractivity contribution is 6.02. The third-order valence-corrected chi connectivity index (χ3v) is 2.84. The summed E-state index contributed by atoms with van der Waals surface area (Å²) in [6.07, 6.45) is 1.68. The van der Waals surface area contributed by atoms with Gasteiger partial charge >= 0.3 is 0 Å². The molecule has 1 heterocycles. The van der Waals surface area contributed by atoms with Crippen molar-refractivity contribution in [2.45, 2.75) is 19.8 Å². The Morgan fingerprint density at radius 1 is 1.33 bits per heavy atom. The summed E-state index contributed by atoms with van der Waals surface area (Å²) in [5.74, 6) is -2.81. The molecule has 2 N–H and O–H groups in total. The van der Waals surface area contributed by atoms with Gasteiger partial charge in [-0.2, -0.15) is 5.10 Å². The Hall–Kier alpha value is -2.44. The van der Waals surface area contributed by atoms with Crippen molar-refractivity contribution >= 4 is 11.6 Å². The molecule has 1 aromatic heterocycles. The third-order valence-electron chi connectivity index (χ3n) is 2.84. The molecule has 7 heteroatoms. The molecule has 0 aliphatic carbocycles. The van der Waals surface area contributed by atoms with Crippen molar-refractivity contribution in [1.29, 1.82) is 0 Å². The SMILES string of the molecule is CCCc1cc(C(=O)Nc2cc(F)c(OC)c(F)c2)n[nH]1. The number of halogens is 2. The number of nitrogens with one attached hydrogen (secondary N) is 2. The summed E-state index contributed by atoms with van der Waals surface area (Å²) >= 11 is 0. The minimum Gasteiger partial charge on any atom is -0.491 e. The van der Waals surface area contributed by atoms with Gasteiger partial charge in [0, 0.05) is 23.5 Å². The standard InChI is InChI=1S/C14H15F2N3O2/c1-3-4-8-7-12(19-18-8)14(20)17-9-5-10(15)13(21-2)11(16)6-9/h5-7H,3-4H2,1-2H3,(H,17,20)(H,18,19). The molecule has 0 unspecified atom stereocenters. The van der Waals surface area contributed by atoms with E-state index in [9.17, 15) is 13.6 Å². The Bertz CT molecular complexity index is 632. The van der Waals surface area contributed by atoms with Gasteiger partial charge in [0.1, 0.15) is 0 Å². The van der Waals surface area contributed by atoms with Crippen molar-refractivity contribution in [2.75, 3.05) is 12.4 Å². The zero-order chi connectivity index (χ0) is 15.4. The number of nitrogens with zero attached hydrogens (tertiary/aromatic N) is 1. The van der Waals surface area contributed by atoms with Gasteiger partial charge in [0.15, 0.2) is 23.1 Å². The number of hydrogen-bond acceptors (Lipinski definition) is 3. The van der Waals surface area contributed by atoms with Crippen molar-refractivity contribution < 1.29 is 18.3 Å². The van der Waals surface area contributed by atoms with Gasteiger partial charge in [0.2, 0.25) is 0 Å². The van der Waals surface area contributed by atoms with E-state index in [0.29, 0.717) is 0 Å². The van der Waals surface area contributed by atoms with E-state index >= 15 is 0 Å². The number of aryl methyl sites for hydroxylation is 1. The highest BCUT2D eigenvalue weighted by atomic mass is 19.1. The van der Waals surface area contributed by atoms with Crippen LogP contribution in [0.5, 0.6) is 5.75 Å². The smallest absolute Gasteiger partial charge is 0.276 e. The van der Waals surface area contributed by atoms with Gasteiger partial charge in [0.25, 0.3) is 5.91 Å². The van der Waals surface area contributed by atoms with E-state index in [-0.39, 0.29) is 11.4 Å². The normalized spacial score (nSPS) is 10.5. The summed E-state index contributed by atoms with van der Waals surface area (Å²) in [5.41, 5.74) is 0.987. The number of amides is 1. The van der Waals surface area contributed by atoms with Crippen LogP contribution >= 0.6 is 0 Å². The highest BCUT2D eigenvalue weighted by Gasteiger charge is 2.15. The second-order valence-corrected chi connectivity index (χ2v) is 4.46. The maximum absolute atomic E-state index is 13.5. The molecule has 2 aromatic rings. The zero-order valence-electron chi connectivity index (χ0n) is 11.7. The van der Waals surface area contributed by atoms with Crippen molar-refractivity contribution in [1.82, 2.24) is 10.2 Å². The minimum absolute atomic E-state index is 0.00385. The molecule has 0 spiro atoms. The van der Waals surface area contributed by atoms with Crippen molar-refractivity contribution in [2.24, 2.45) is 0 Å². The van der Waals surface area contributed by atoms with E-state index < -0.39 is 23.3 Å². The number of aromatic nitrogens is 2. The summed E-state index contributed by atoms with van der Waals surface area (Å²) < 4.78 is 31.6. The number of rotatable bonds is 5. The molecule has 0 atom stereocenters. The number of carbonyl (C=O) groups is 1. The number of aromatic amines is 1. The fraction of sp³-hybridized carbons (Fsp3) is 0.286. The summed E-state index contributed by atoms with van der Waals surface area (Å²) in [4.78, 5) is 11.9. The molecular formula is C14H15F2N3O2. The van der Waals surface area contributed by atoms with Gasteiger partial charge in [-0.15, -0.1) is 0 Å². The summed E-state index contributed by atoms with van der Waals surface area (Å²) in [7, 11) is 1.17. The van der Waals surface area contributed by atoms with Crippen LogP contribution in [-0.2, 0) is 6.42 Å². The van der Waals surface area contributed by atoms with Crippen LogP contribution in [0.3, 0.4) is 0 Å².